The highest BCUT2D eigenvalue weighted by molar-refractivity contribution is 9.10. The summed E-state index contributed by atoms with van der Waals surface area (Å²) in [6.45, 7) is 0. The van der Waals surface area contributed by atoms with Gasteiger partial charge in [-0.15, -0.1) is 0 Å². The molecule has 1 fully saturated rings. The van der Waals surface area contributed by atoms with Gasteiger partial charge in [0.1, 0.15) is 0 Å². The Morgan fingerprint density at radius 2 is 2.05 bits per heavy atom. The van der Waals surface area contributed by atoms with E-state index >= 15 is 0 Å². The Balaban J connectivity index is 1.83. The summed E-state index contributed by atoms with van der Waals surface area (Å²) in [4.78, 5) is 17.0. The number of amidine groups is 1. The van der Waals surface area contributed by atoms with E-state index in [-0.39, 0.29) is 5.91 Å². The molecule has 2 aromatic rings. The van der Waals surface area contributed by atoms with Crippen LogP contribution >= 0.6 is 27.7 Å². The Morgan fingerprint density at radius 1 is 1.29 bits per heavy atom. The zero-order chi connectivity index (χ0) is 14.8. The van der Waals surface area contributed by atoms with Gasteiger partial charge in [0.05, 0.1) is 10.6 Å². The molecule has 1 aromatic carbocycles. The molecule has 6 heteroatoms. The number of nitrogens with one attached hydrogen (secondary N) is 1. The Kier molecular flexibility index (Phi) is 3.98. The molecule has 1 aromatic heterocycles. The summed E-state index contributed by atoms with van der Waals surface area (Å²) in [6.07, 6.45) is 3.81. The van der Waals surface area contributed by atoms with E-state index in [9.17, 15) is 4.79 Å². The third-order valence-electron chi connectivity index (χ3n) is 2.97. The summed E-state index contributed by atoms with van der Waals surface area (Å²) in [7, 11) is 1.95. The molecule has 2 heterocycles. The fraction of sp³-hybridized carbons (Fsp3) is 0.0667. The van der Waals surface area contributed by atoms with E-state index in [1.54, 1.807) is 0 Å². The van der Waals surface area contributed by atoms with Crippen molar-refractivity contribution in [3.8, 4) is 0 Å². The number of carbonyl (C=O) groups excluding carboxylic acids is 1. The number of benzene rings is 1. The summed E-state index contributed by atoms with van der Waals surface area (Å²) >= 11 is 4.73. The van der Waals surface area contributed by atoms with Crippen LogP contribution in [0.1, 0.15) is 5.69 Å². The Labute approximate surface area is 135 Å². The minimum atomic E-state index is -0.114. The number of aromatic nitrogens is 1. The molecular weight excluding hydrogens is 350 g/mol. The zero-order valence-corrected chi connectivity index (χ0v) is 13.6. The van der Waals surface area contributed by atoms with Crippen molar-refractivity contribution in [3.05, 3.63) is 57.7 Å². The van der Waals surface area contributed by atoms with Crippen molar-refractivity contribution >= 4 is 50.5 Å². The van der Waals surface area contributed by atoms with Crippen LogP contribution < -0.4 is 5.32 Å². The second-order valence-corrected chi connectivity index (χ2v) is 6.45. The number of amides is 1. The highest BCUT2D eigenvalue weighted by Gasteiger charge is 2.24. The topological polar surface area (TPSA) is 46.4 Å². The number of aliphatic imine (C=N–C) groups is 1. The van der Waals surface area contributed by atoms with Gasteiger partial charge < -0.3 is 9.88 Å². The van der Waals surface area contributed by atoms with Gasteiger partial charge in [-0.1, -0.05) is 15.9 Å². The Bertz CT molecular complexity index is 747. The van der Waals surface area contributed by atoms with Crippen molar-refractivity contribution < 1.29 is 4.79 Å². The lowest BCUT2D eigenvalue weighted by Crippen LogP contribution is -2.19. The van der Waals surface area contributed by atoms with E-state index < -0.39 is 0 Å². The molecule has 1 aliphatic rings. The smallest absolute Gasteiger partial charge is 0.264 e. The number of rotatable bonds is 2. The maximum Gasteiger partial charge on any atom is 0.264 e. The molecule has 0 saturated carbocycles. The van der Waals surface area contributed by atoms with Crippen molar-refractivity contribution in [1.82, 2.24) is 9.88 Å². The fourth-order valence-corrected chi connectivity index (χ4v) is 2.96. The standard InChI is InChI=1S/C15H12BrN3OS/c1-19-8-2-3-12(19)9-13-14(20)18-15(21-13)17-11-6-4-10(16)5-7-11/h2-9H,1H3,(H,17,18,20). The van der Waals surface area contributed by atoms with Crippen molar-refractivity contribution in [2.75, 3.05) is 0 Å². The average molecular weight is 362 g/mol. The van der Waals surface area contributed by atoms with Gasteiger partial charge in [0, 0.05) is 23.4 Å². The van der Waals surface area contributed by atoms with E-state index in [1.807, 2.05) is 60.3 Å². The normalized spacial score (nSPS) is 18.5. The van der Waals surface area contributed by atoms with Crippen LogP contribution in [0.25, 0.3) is 6.08 Å². The molecule has 0 unspecified atom stereocenters. The molecule has 21 heavy (non-hydrogen) atoms. The molecule has 3 rings (SSSR count). The first-order valence-electron chi connectivity index (χ1n) is 6.28. The van der Waals surface area contributed by atoms with Gasteiger partial charge in [-0.05, 0) is 54.2 Å². The van der Waals surface area contributed by atoms with Crippen LogP contribution in [0.15, 0.2) is 57.0 Å². The van der Waals surface area contributed by atoms with Gasteiger partial charge in [0.2, 0.25) is 0 Å². The van der Waals surface area contributed by atoms with Gasteiger partial charge in [0.15, 0.2) is 5.17 Å². The number of nitrogens with zero attached hydrogens (tertiary/aromatic N) is 2. The lowest BCUT2D eigenvalue weighted by atomic mass is 10.3. The molecule has 0 radical (unpaired) electrons. The molecule has 1 aliphatic heterocycles. The third kappa shape index (κ3) is 3.28. The summed E-state index contributed by atoms with van der Waals surface area (Å²) < 4.78 is 2.96. The summed E-state index contributed by atoms with van der Waals surface area (Å²) in [5.41, 5.74) is 1.79. The number of hydrogen-bond donors (Lipinski definition) is 1. The van der Waals surface area contributed by atoms with E-state index in [0.29, 0.717) is 10.1 Å². The summed E-state index contributed by atoms with van der Waals surface area (Å²) in [6, 6.07) is 11.5. The van der Waals surface area contributed by atoms with Gasteiger partial charge in [-0.25, -0.2) is 4.99 Å². The van der Waals surface area contributed by atoms with Crippen LogP contribution in [0.5, 0.6) is 0 Å². The van der Waals surface area contributed by atoms with E-state index in [0.717, 1.165) is 15.9 Å². The molecule has 0 spiro atoms. The number of carbonyl (C=O) groups is 1. The highest BCUT2D eigenvalue weighted by Crippen LogP contribution is 2.28. The van der Waals surface area contributed by atoms with Crippen molar-refractivity contribution in [1.29, 1.82) is 0 Å². The molecular formula is C15H12BrN3OS. The predicted octanol–water partition coefficient (Wildman–Crippen LogP) is 3.68. The van der Waals surface area contributed by atoms with Crippen LogP contribution in [0, 0.1) is 0 Å². The van der Waals surface area contributed by atoms with Crippen LogP contribution in [-0.4, -0.2) is 15.6 Å². The largest absolute Gasteiger partial charge is 0.351 e. The van der Waals surface area contributed by atoms with Gasteiger partial charge in [-0.3, -0.25) is 4.79 Å². The predicted molar refractivity (Wildman–Crippen MR) is 90.4 cm³/mol. The Morgan fingerprint density at radius 3 is 2.71 bits per heavy atom. The maximum atomic E-state index is 12.0. The van der Waals surface area contributed by atoms with Crippen LogP contribution in [0.3, 0.4) is 0 Å². The van der Waals surface area contributed by atoms with Crippen LogP contribution in [0.4, 0.5) is 5.69 Å². The molecule has 0 aliphatic carbocycles. The van der Waals surface area contributed by atoms with E-state index in [1.165, 1.54) is 11.8 Å². The quantitative estimate of drug-likeness (QED) is 0.829. The van der Waals surface area contributed by atoms with Crippen molar-refractivity contribution in [2.24, 2.45) is 12.0 Å². The minimum absolute atomic E-state index is 0.114. The molecule has 4 nitrogen and oxygen atoms in total. The Hall–Kier alpha value is -1.79. The summed E-state index contributed by atoms with van der Waals surface area (Å²) in [5, 5.41) is 3.38. The SMILES string of the molecule is Cn1cccc1C=C1SC(=Nc2ccc(Br)cc2)NC1=O. The number of aryl methyl sites for hydroxylation is 1. The van der Waals surface area contributed by atoms with Gasteiger partial charge >= 0.3 is 0 Å². The maximum absolute atomic E-state index is 12.0. The molecule has 106 valence electrons. The second-order valence-electron chi connectivity index (χ2n) is 4.50. The second kappa shape index (κ2) is 5.91. The van der Waals surface area contributed by atoms with Gasteiger partial charge in [0.25, 0.3) is 5.91 Å². The first kappa shape index (κ1) is 14.2. The van der Waals surface area contributed by atoms with Gasteiger partial charge in [-0.2, -0.15) is 0 Å². The van der Waals surface area contributed by atoms with Crippen LogP contribution in [0.2, 0.25) is 0 Å². The number of halogens is 1. The zero-order valence-electron chi connectivity index (χ0n) is 11.2. The number of hydrogen-bond acceptors (Lipinski definition) is 3. The highest BCUT2D eigenvalue weighted by atomic mass is 79.9. The minimum Gasteiger partial charge on any atom is -0.351 e. The lowest BCUT2D eigenvalue weighted by molar-refractivity contribution is -0.115. The van der Waals surface area contributed by atoms with E-state index in [4.69, 9.17) is 0 Å². The third-order valence-corrected chi connectivity index (χ3v) is 4.41. The molecule has 0 atom stereocenters. The van der Waals surface area contributed by atoms with Crippen molar-refractivity contribution in [3.63, 3.8) is 0 Å². The lowest BCUT2D eigenvalue weighted by Gasteiger charge is -1.97. The first-order chi connectivity index (χ1) is 10.1. The fourth-order valence-electron chi connectivity index (χ4n) is 1.87. The first-order valence-corrected chi connectivity index (χ1v) is 7.89. The van der Waals surface area contributed by atoms with Crippen LogP contribution in [-0.2, 0) is 11.8 Å². The van der Waals surface area contributed by atoms with E-state index in [2.05, 4.69) is 26.2 Å². The van der Waals surface area contributed by atoms with Crippen molar-refractivity contribution in [2.45, 2.75) is 0 Å². The average Bonchev–Trinajstić information content (AvgIpc) is 3.00. The molecule has 1 saturated heterocycles. The molecule has 1 amide bonds. The molecule has 1 N–H and O–H groups in total. The molecule has 0 bridgehead atoms. The summed E-state index contributed by atoms with van der Waals surface area (Å²) in [5.74, 6) is -0.114. The number of thioether (sulfide) groups is 1. The monoisotopic (exact) mass is 361 g/mol.